The predicted octanol–water partition coefficient (Wildman–Crippen LogP) is 5.85. The second kappa shape index (κ2) is 8.90. The Hall–Kier alpha value is -3.32. The third-order valence-electron chi connectivity index (χ3n) is 6.01. The van der Waals surface area contributed by atoms with Crippen molar-refractivity contribution in [3.8, 4) is 0 Å². The molecule has 2 aromatic heterocycles. The monoisotopic (exact) mass is 462 g/mol. The van der Waals surface area contributed by atoms with Crippen LogP contribution in [0.25, 0.3) is 21.1 Å². The van der Waals surface area contributed by atoms with E-state index in [1.807, 2.05) is 31.2 Å². The van der Waals surface area contributed by atoms with Crippen molar-refractivity contribution < 1.29 is 18.7 Å². The fourth-order valence-electron chi connectivity index (χ4n) is 4.29. The van der Waals surface area contributed by atoms with Gasteiger partial charge in [-0.25, -0.2) is 14.2 Å². The van der Waals surface area contributed by atoms with Gasteiger partial charge >= 0.3 is 5.97 Å². The summed E-state index contributed by atoms with van der Waals surface area (Å²) in [5.74, 6) is -1.76. The van der Waals surface area contributed by atoms with E-state index < -0.39 is 23.8 Å². The van der Waals surface area contributed by atoms with Gasteiger partial charge in [-0.15, -0.1) is 11.3 Å². The summed E-state index contributed by atoms with van der Waals surface area (Å²) < 4.78 is 20.2. The lowest BCUT2D eigenvalue weighted by molar-refractivity contribution is -0.131. The molecule has 0 saturated heterocycles. The van der Waals surface area contributed by atoms with Crippen molar-refractivity contribution in [1.82, 2.24) is 10.3 Å². The number of nitrogens with zero attached hydrogens (tertiary/aromatic N) is 1. The van der Waals surface area contributed by atoms with Gasteiger partial charge in [-0.2, -0.15) is 0 Å². The van der Waals surface area contributed by atoms with Gasteiger partial charge in [0, 0.05) is 22.4 Å². The summed E-state index contributed by atoms with van der Waals surface area (Å²) in [6, 6.07) is 15.6. The Labute approximate surface area is 194 Å². The minimum absolute atomic E-state index is 0.0230. The van der Waals surface area contributed by atoms with Crippen molar-refractivity contribution in [3.63, 3.8) is 0 Å². The molecule has 0 radical (unpaired) electrons. The summed E-state index contributed by atoms with van der Waals surface area (Å²) in [6.07, 6.45) is 2.46. The van der Waals surface area contributed by atoms with Crippen LogP contribution < -0.4 is 5.32 Å². The zero-order valence-corrected chi connectivity index (χ0v) is 19.0. The molecule has 0 spiro atoms. The van der Waals surface area contributed by atoms with Gasteiger partial charge in [0.1, 0.15) is 15.5 Å². The molecule has 33 heavy (non-hydrogen) atoms. The van der Waals surface area contributed by atoms with Gasteiger partial charge in [0.05, 0.1) is 5.52 Å². The average molecular weight is 463 g/mol. The van der Waals surface area contributed by atoms with Crippen molar-refractivity contribution in [1.29, 1.82) is 0 Å². The van der Waals surface area contributed by atoms with Crippen molar-refractivity contribution >= 4 is 44.3 Å². The Balaban J connectivity index is 1.44. The van der Waals surface area contributed by atoms with Crippen LogP contribution in [-0.4, -0.2) is 22.9 Å². The molecule has 1 aliphatic rings. The zero-order valence-electron chi connectivity index (χ0n) is 18.1. The quantitative estimate of drug-likeness (QED) is 0.378. The van der Waals surface area contributed by atoms with Gasteiger partial charge in [-0.3, -0.25) is 4.79 Å². The topological polar surface area (TPSA) is 68.3 Å². The SMILES string of the molecule is Cc1ccc2cc3cc(C(=O)O[C@H](C(=O)NC4CCCC4)c4ccccc4F)sc3nc2c1. The number of fused-ring (bicyclic) bond motifs is 2. The first-order valence-electron chi connectivity index (χ1n) is 11.0. The number of carbonyl (C=O) groups excluding carboxylic acids is 2. The van der Waals surface area contributed by atoms with Gasteiger partial charge < -0.3 is 10.1 Å². The molecule has 1 amide bonds. The standard InChI is InChI=1S/C26H23FN2O3S/c1-15-10-11-16-13-17-14-22(33-25(17)29-21(16)12-15)26(31)32-23(19-8-4-5-9-20(19)27)24(30)28-18-6-2-3-7-18/h4-5,8-14,18,23H,2-3,6-7H2,1H3,(H,28,30)/t23-/m0/s1. The maximum absolute atomic E-state index is 14.5. The number of rotatable bonds is 5. The third kappa shape index (κ3) is 4.46. The molecular formula is C26H23FN2O3S. The first-order chi connectivity index (χ1) is 16.0. The number of thiophene rings is 1. The van der Waals surface area contributed by atoms with Crippen LogP contribution in [0.1, 0.15) is 52.6 Å². The minimum atomic E-state index is -1.36. The number of halogens is 1. The molecule has 0 unspecified atom stereocenters. The van der Waals surface area contributed by atoms with E-state index in [1.165, 1.54) is 29.5 Å². The van der Waals surface area contributed by atoms with E-state index in [-0.39, 0.29) is 11.6 Å². The number of nitrogens with one attached hydrogen (secondary N) is 1. The molecule has 5 nitrogen and oxygen atoms in total. The molecule has 4 aromatic rings. The van der Waals surface area contributed by atoms with E-state index in [0.717, 1.165) is 47.5 Å². The lowest BCUT2D eigenvalue weighted by Gasteiger charge is -2.20. The number of aromatic nitrogens is 1. The van der Waals surface area contributed by atoms with E-state index in [9.17, 15) is 14.0 Å². The average Bonchev–Trinajstić information content (AvgIpc) is 3.45. The highest BCUT2D eigenvalue weighted by atomic mass is 32.1. The molecule has 5 rings (SSSR count). The van der Waals surface area contributed by atoms with E-state index in [4.69, 9.17) is 4.74 Å². The van der Waals surface area contributed by atoms with Crippen LogP contribution in [0.3, 0.4) is 0 Å². The molecule has 1 N–H and O–H groups in total. The number of amides is 1. The number of hydrogen-bond acceptors (Lipinski definition) is 5. The number of esters is 1. The molecule has 1 saturated carbocycles. The van der Waals surface area contributed by atoms with Crippen molar-refractivity contribution in [3.05, 3.63) is 76.4 Å². The Morgan fingerprint density at radius 2 is 1.88 bits per heavy atom. The van der Waals surface area contributed by atoms with Crippen LogP contribution in [0.15, 0.2) is 54.6 Å². The molecule has 0 aliphatic heterocycles. The molecular weight excluding hydrogens is 439 g/mol. The van der Waals surface area contributed by atoms with Gasteiger partial charge in [-0.05, 0) is 49.6 Å². The lowest BCUT2D eigenvalue weighted by atomic mass is 10.1. The number of hydrogen-bond donors (Lipinski definition) is 1. The fourth-order valence-corrected chi connectivity index (χ4v) is 5.20. The Kier molecular flexibility index (Phi) is 5.81. The van der Waals surface area contributed by atoms with Crippen molar-refractivity contribution in [2.75, 3.05) is 0 Å². The Morgan fingerprint density at radius 1 is 1.09 bits per heavy atom. The predicted molar refractivity (Wildman–Crippen MR) is 127 cm³/mol. The molecule has 1 atom stereocenters. The summed E-state index contributed by atoms with van der Waals surface area (Å²) in [6.45, 7) is 2.00. The van der Waals surface area contributed by atoms with Crippen LogP contribution in [-0.2, 0) is 9.53 Å². The smallest absolute Gasteiger partial charge is 0.349 e. The lowest BCUT2D eigenvalue weighted by Crippen LogP contribution is -2.38. The first-order valence-corrected chi connectivity index (χ1v) is 11.9. The number of aryl methyl sites for hydroxylation is 1. The molecule has 2 heterocycles. The van der Waals surface area contributed by atoms with Crippen LogP contribution in [0.2, 0.25) is 0 Å². The van der Waals surface area contributed by atoms with E-state index in [1.54, 1.807) is 12.1 Å². The van der Waals surface area contributed by atoms with Gasteiger partial charge in [0.2, 0.25) is 6.10 Å². The van der Waals surface area contributed by atoms with Gasteiger partial charge in [0.25, 0.3) is 5.91 Å². The largest absolute Gasteiger partial charge is 0.443 e. The van der Waals surface area contributed by atoms with Gasteiger partial charge in [-0.1, -0.05) is 43.2 Å². The summed E-state index contributed by atoms with van der Waals surface area (Å²) in [5, 5.41) is 4.72. The van der Waals surface area contributed by atoms with Crippen LogP contribution in [0.5, 0.6) is 0 Å². The summed E-state index contributed by atoms with van der Waals surface area (Å²) >= 11 is 1.20. The van der Waals surface area contributed by atoms with E-state index >= 15 is 0 Å². The number of benzene rings is 2. The molecule has 7 heteroatoms. The Morgan fingerprint density at radius 3 is 2.67 bits per heavy atom. The Bertz CT molecular complexity index is 1360. The molecule has 1 fully saturated rings. The van der Waals surface area contributed by atoms with Crippen molar-refractivity contribution in [2.45, 2.75) is 44.8 Å². The van der Waals surface area contributed by atoms with E-state index in [2.05, 4.69) is 10.3 Å². The fraction of sp³-hybridized carbons (Fsp3) is 0.269. The molecule has 0 bridgehead atoms. The minimum Gasteiger partial charge on any atom is -0.443 e. The normalized spacial score (nSPS) is 15.1. The summed E-state index contributed by atoms with van der Waals surface area (Å²) in [5.41, 5.74) is 2.00. The maximum Gasteiger partial charge on any atom is 0.349 e. The van der Waals surface area contributed by atoms with Crippen LogP contribution in [0.4, 0.5) is 4.39 Å². The van der Waals surface area contributed by atoms with E-state index in [0.29, 0.717) is 9.71 Å². The van der Waals surface area contributed by atoms with Crippen molar-refractivity contribution in [2.24, 2.45) is 0 Å². The molecule has 168 valence electrons. The third-order valence-corrected chi connectivity index (χ3v) is 7.04. The molecule has 1 aliphatic carbocycles. The summed E-state index contributed by atoms with van der Waals surface area (Å²) in [7, 11) is 0. The second-order valence-electron chi connectivity index (χ2n) is 8.49. The summed E-state index contributed by atoms with van der Waals surface area (Å²) in [4.78, 5) is 31.8. The highest BCUT2D eigenvalue weighted by Crippen LogP contribution is 2.30. The highest BCUT2D eigenvalue weighted by Gasteiger charge is 2.31. The maximum atomic E-state index is 14.5. The van der Waals surface area contributed by atoms with Crippen LogP contribution >= 0.6 is 11.3 Å². The number of ether oxygens (including phenoxy) is 1. The van der Waals surface area contributed by atoms with Crippen LogP contribution in [0, 0.1) is 12.7 Å². The second-order valence-corrected chi connectivity index (χ2v) is 9.52. The first kappa shape index (κ1) is 21.5. The zero-order chi connectivity index (χ0) is 22.9. The number of carbonyl (C=O) groups is 2. The highest BCUT2D eigenvalue weighted by molar-refractivity contribution is 7.20. The number of pyridine rings is 1. The molecule has 2 aromatic carbocycles. The van der Waals surface area contributed by atoms with Gasteiger partial charge in [0.15, 0.2) is 0 Å².